The Balaban J connectivity index is 1.94. The van der Waals surface area contributed by atoms with Crippen LogP contribution in [0.15, 0.2) is 48.5 Å². The molecule has 2 aromatic rings. The molecule has 0 atom stereocenters. The summed E-state index contributed by atoms with van der Waals surface area (Å²) in [6, 6.07) is 15.6. The number of amides is 2. The Morgan fingerprint density at radius 3 is 2.29 bits per heavy atom. The Labute approximate surface area is 126 Å². The lowest BCUT2D eigenvalue weighted by molar-refractivity contribution is 0.262. The van der Waals surface area contributed by atoms with Gasteiger partial charge in [0.1, 0.15) is 0 Å². The fourth-order valence-corrected chi connectivity index (χ4v) is 2.21. The highest BCUT2D eigenvalue weighted by Gasteiger charge is 2.03. The van der Waals surface area contributed by atoms with Crippen LogP contribution in [0.3, 0.4) is 0 Å². The predicted molar refractivity (Wildman–Crippen MR) is 88.9 cm³/mol. The molecule has 0 fully saturated rings. The second-order valence-corrected chi connectivity index (χ2v) is 5.08. The number of carbonyl (C=O) groups excluding carboxylic acids is 1. The van der Waals surface area contributed by atoms with Crippen LogP contribution in [-0.2, 0) is 12.8 Å². The number of carbonyl (C=O) groups is 1. The van der Waals surface area contributed by atoms with Crippen molar-refractivity contribution in [2.24, 2.45) is 0 Å². The lowest BCUT2D eigenvalue weighted by Gasteiger charge is -2.09. The van der Waals surface area contributed by atoms with E-state index in [1.54, 1.807) is 0 Å². The van der Waals surface area contributed by atoms with E-state index in [2.05, 4.69) is 42.7 Å². The molecule has 0 aliphatic heterocycles. The summed E-state index contributed by atoms with van der Waals surface area (Å²) in [5.74, 6) is 0. The zero-order valence-electron chi connectivity index (χ0n) is 12.6. The number of urea groups is 1. The molecule has 2 N–H and O–H groups in total. The lowest BCUT2D eigenvalue weighted by atomic mass is 10.1. The van der Waals surface area contributed by atoms with Crippen LogP contribution in [0.2, 0.25) is 0 Å². The van der Waals surface area contributed by atoms with Gasteiger partial charge in [0.2, 0.25) is 0 Å². The van der Waals surface area contributed by atoms with Gasteiger partial charge in [-0.2, -0.15) is 0 Å². The highest BCUT2D eigenvalue weighted by Crippen LogP contribution is 2.14. The molecule has 0 unspecified atom stereocenters. The van der Waals surface area contributed by atoms with Crippen LogP contribution in [0, 0.1) is 0 Å². The van der Waals surface area contributed by atoms with Crippen molar-refractivity contribution in [1.29, 1.82) is 0 Å². The number of aryl methyl sites for hydroxylation is 2. The first-order chi connectivity index (χ1) is 10.2. The van der Waals surface area contributed by atoms with Crippen molar-refractivity contribution in [3.8, 4) is 0 Å². The van der Waals surface area contributed by atoms with E-state index in [-0.39, 0.29) is 6.03 Å². The van der Waals surface area contributed by atoms with Crippen molar-refractivity contribution in [2.75, 3.05) is 10.6 Å². The van der Waals surface area contributed by atoms with E-state index in [9.17, 15) is 4.79 Å². The van der Waals surface area contributed by atoms with Gasteiger partial charge in [-0.3, -0.25) is 0 Å². The number of hydrogen-bond acceptors (Lipinski definition) is 1. The number of benzene rings is 2. The summed E-state index contributed by atoms with van der Waals surface area (Å²) in [4.78, 5) is 12.0. The van der Waals surface area contributed by atoms with Gasteiger partial charge < -0.3 is 10.6 Å². The van der Waals surface area contributed by atoms with Gasteiger partial charge in [0.25, 0.3) is 0 Å². The molecule has 0 bridgehead atoms. The van der Waals surface area contributed by atoms with Crippen LogP contribution in [0.1, 0.15) is 31.4 Å². The van der Waals surface area contributed by atoms with Crippen molar-refractivity contribution in [3.05, 3.63) is 59.7 Å². The largest absolute Gasteiger partial charge is 0.323 e. The fourth-order valence-electron chi connectivity index (χ4n) is 2.21. The van der Waals surface area contributed by atoms with Gasteiger partial charge in [-0.25, -0.2) is 4.79 Å². The molecular formula is C18H22N2O. The molecule has 2 aromatic carbocycles. The molecule has 0 heterocycles. The number of rotatable bonds is 5. The third-order valence-electron chi connectivity index (χ3n) is 3.34. The van der Waals surface area contributed by atoms with Crippen LogP contribution < -0.4 is 10.6 Å². The van der Waals surface area contributed by atoms with E-state index >= 15 is 0 Å². The highest BCUT2D eigenvalue weighted by molar-refractivity contribution is 5.99. The van der Waals surface area contributed by atoms with Gasteiger partial charge in [0, 0.05) is 11.4 Å². The van der Waals surface area contributed by atoms with E-state index in [4.69, 9.17) is 0 Å². The molecular weight excluding hydrogens is 260 g/mol. The Kier molecular flexibility index (Phi) is 5.38. The van der Waals surface area contributed by atoms with Gasteiger partial charge in [-0.1, -0.05) is 44.5 Å². The zero-order chi connectivity index (χ0) is 15.1. The van der Waals surface area contributed by atoms with E-state index in [0.29, 0.717) is 0 Å². The van der Waals surface area contributed by atoms with Crippen LogP contribution in [-0.4, -0.2) is 6.03 Å². The molecule has 2 rings (SSSR count). The van der Waals surface area contributed by atoms with Gasteiger partial charge >= 0.3 is 6.03 Å². The molecule has 0 saturated carbocycles. The normalized spacial score (nSPS) is 10.2. The summed E-state index contributed by atoms with van der Waals surface area (Å²) in [7, 11) is 0. The van der Waals surface area contributed by atoms with Crippen molar-refractivity contribution >= 4 is 17.4 Å². The minimum absolute atomic E-state index is 0.216. The smallest absolute Gasteiger partial charge is 0.308 e. The molecule has 110 valence electrons. The van der Waals surface area contributed by atoms with Crippen LogP contribution in [0.25, 0.3) is 0 Å². The Morgan fingerprint density at radius 2 is 1.62 bits per heavy atom. The predicted octanol–water partition coefficient (Wildman–Crippen LogP) is 4.85. The van der Waals surface area contributed by atoms with Gasteiger partial charge in [0.05, 0.1) is 0 Å². The van der Waals surface area contributed by atoms with E-state index in [0.717, 1.165) is 30.6 Å². The molecule has 0 saturated heterocycles. The van der Waals surface area contributed by atoms with E-state index in [1.807, 2.05) is 30.3 Å². The second-order valence-electron chi connectivity index (χ2n) is 5.08. The number of hydrogen-bond donors (Lipinski definition) is 2. The summed E-state index contributed by atoms with van der Waals surface area (Å²) >= 11 is 0. The molecule has 21 heavy (non-hydrogen) atoms. The first kappa shape index (κ1) is 15.1. The van der Waals surface area contributed by atoms with Gasteiger partial charge in [-0.05, 0) is 48.2 Å². The Morgan fingerprint density at radius 1 is 0.905 bits per heavy atom. The standard InChI is InChI=1S/C18H22N2O/c1-3-6-15-9-11-16(12-10-15)19-18(21)20-17-8-5-7-14(4-2)13-17/h5,7-13H,3-4,6H2,1-2H3,(H2,19,20,21). The van der Waals surface area contributed by atoms with Crippen molar-refractivity contribution in [3.63, 3.8) is 0 Å². The van der Waals surface area contributed by atoms with Crippen LogP contribution >= 0.6 is 0 Å². The van der Waals surface area contributed by atoms with E-state index in [1.165, 1.54) is 11.1 Å². The Bertz CT molecular complexity index is 590. The molecule has 0 aliphatic rings. The molecule has 0 aliphatic carbocycles. The minimum Gasteiger partial charge on any atom is -0.308 e. The molecule has 0 aromatic heterocycles. The maximum atomic E-state index is 12.0. The van der Waals surface area contributed by atoms with Crippen LogP contribution in [0.5, 0.6) is 0 Å². The maximum absolute atomic E-state index is 12.0. The summed E-state index contributed by atoms with van der Waals surface area (Å²) < 4.78 is 0. The van der Waals surface area contributed by atoms with Crippen molar-refractivity contribution in [2.45, 2.75) is 33.1 Å². The third kappa shape index (κ3) is 4.63. The molecule has 0 spiro atoms. The monoisotopic (exact) mass is 282 g/mol. The SMILES string of the molecule is CCCc1ccc(NC(=O)Nc2cccc(CC)c2)cc1. The van der Waals surface area contributed by atoms with E-state index < -0.39 is 0 Å². The molecule has 3 nitrogen and oxygen atoms in total. The first-order valence-electron chi connectivity index (χ1n) is 7.47. The maximum Gasteiger partial charge on any atom is 0.323 e. The fraction of sp³-hybridized carbons (Fsp3) is 0.278. The topological polar surface area (TPSA) is 41.1 Å². The molecule has 3 heteroatoms. The number of anilines is 2. The van der Waals surface area contributed by atoms with Crippen molar-refractivity contribution < 1.29 is 4.79 Å². The second kappa shape index (κ2) is 7.48. The van der Waals surface area contributed by atoms with Gasteiger partial charge in [0.15, 0.2) is 0 Å². The summed E-state index contributed by atoms with van der Waals surface area (Å²) in [5, 5.41) is 5.70. The zero-order valence-corrected chi connectivity index (χ0v) is 12.6. The first-order valence-corrected chi connectivity index (χ1v) is 7.47. The number of nitrogens with one attached hydrogen (secondary N) is 2. The van der Waals surface area contributed by atoms with Crippen molar-refractivity contribution in [1.82, 2.24) is 0 Å². The lowest BCUT2D eigenvalue weighted by Crippen LogP contribution is -2.19. The molecule has 0 radical (unpaired) electrons. The third-order valence-corrected chi connectivity index (χ3v) is 3.34. The molecule has 2 amide bonds. The minimum atomic E-state index is -0.216. The summed E-state index contributed by atoms with van der Waals surface area (Å²) in [6.45, 7) is 4.25. The Hall–Kier alpha value is -2.29. The highest BCUT2D eigenvalue weighted by atomic mass is 16.2. The average molecular weight is 282 g/mol. The average Bonchev–Trinajstić information content (AvgIpc) is 2.49. The summed E-state index contributed by atoms with van der Waals surface area (Å²) in [6.07, 6.45) is 3.15. The van der Waals surface area contributed by atoms with Gasteiger partial charge in [-0.15, -0.1) is 0 Å². The summed E-state index contributed by atoms with van der Waals surface area (Å²) in [5.41, 5.74) is 4.12. The quantitative estimate of drug-likeness (QED) is 0.809. The van der Waals surface area contributed by atoms with Crippen LogP contribution in [0.4, 0.5) is 16.2 Å².